The molecule has 2 rings (SSSR count). The molecule has 1 saturated carbocycles. The number of ether oxygens (including phenoxy) is 1. The van der Waals surface area contributed by atoms with Gasteiger partial charge in [0.1, 0.15) is 19.0 Å². The highest BCUT2D eigenvalue weighted by atomic mass is 16.5. The molecule has 0 saturated heterocycles. The summed E-state index contributed by atoms with van der Waals surface area (Å²) in [6, 6.07) is 8.33. The van der Waals surface area contributed by atoms with Crippen LogP contribution in [0.2, 0.25) is 0 Å². The van der Waals surface area contributed by atoms with Gasteiger partial charge in [-0.1, -0.05) is 11.8 Å². The van der Waals surface area contributed by atoms with Gasteiger partial charge in [-0.25, -0.2) is 0 Å². The standard InChI is InChI=1S/C17H23NO2/c1-14(16-7-8-16)18(2)11-13-20-17-9-5-15(6-10-17)4-3-12-19/h5-6,9-10,14,16,19H,7-8,11-13H2,1-2H3. The third-order valence-corrected chi connectivity index (χ3v) is 3.88. The van der Waals surface area contributed by atoms with Crippen LogP contribution in [0.25, 0.3) is 0 Å². The van der Waals surface area contributed by atoms with Crippen molar-refractivity contribution in [2.45, 2.75) is 25.8 Å². The van der Waals surface area contributed by atoms with E-state index in [9.17, 15) is 0 Å². The van der Waals surface area contributed by atoms with Crippen LogP contribution in [0.3, 0.4) is 0 Å². The lowest BCUT2D eigenvalue weighted by molar-refractivity contribution is 0.186. The van der Waals surface area contributed by atoms with Crippen LogP contribution in [0.5, 0.6) is 5.75 Å². The summed E-state index contributed by atoms with van der Waals surface area (Å²) in [5.74, 6) is 7.26. The molecule has 0 radical (unpaired) electrons. The summed E-state index contributed by atoms with van der Waals surface area (Å²) in [6.07, 6.45) is 2.76. The second kappa shape index (κ2) is 7.33. The SMILES string of the molecule is CC(C1CC1)N(C)CCOc1ccc(C#CCO)cc1. The highest BCUT2D eigenvalue weighted by Gasteiger charge is 2.30. The van der Waals surface area contributed by atoms with Gasteiger partial charge in [0, 0.05) is 18.2 Å². The molecule has 3 nitrogen and oxygen atoms in total. The van der Waals surface area contributed by atoms with Gasteiger partial charge >= 0.3 is 0 Å². The summed E-state index contributed by atoms with van der Waals surface area (Å²) in [5.41, 5.74) is 0.894. The van der Waals surface area contributed by atoms with Gasteiger partial charge in [-0.05, 0) is 57.0 Å². The van der Waals surface area contributed by atoms with Crippen LogP contribution < -0.4 is 4.74 Å². The molecule has 108 valence electrons. The van der Waals surface area contributed by atoms with E-state index in [1.807, 2.05) is 24.3 Å². The van der Waals surface area contributed by atoms with Crippen LogP contribution in [0, 0.1) is 17.8 Å². The number of rotatable bonds is 6. The lowest BCUT2D eigenvalue weighted by Crippen LogP contribution is -2.34. The van der Waals surface area contributed by atoms with Crippen LogP contribution in [0.4, 0.5) is 0 Å². The molecule has 1 aliphatic carbocycles. The second-order valence-electron chi connectivity index (χ2n) is 5.39. The fourth-order valence-corrected chi connectivity index (χ4v) is 2.23. The van der Waals surface area contributed by atoms with Crippen molar-refractivity contribution in [1.82, 2.24) is 4.90 Å². The van der Waals surface area contributed by atoms with Gasteiger partial charge in [-0.15, -0.1) is 0 Å². The van der Waals surface area contributed by atoms with Crippen LogP contribution in [-0.4, -0.2) is 42.9 Å². The fraction of sp³-hybridized carbons (Fsp3) is 0.529. The first-order valence-corrected chi connectivity index (χ1v) is 7.23. The Labute approximate surface area is 121 Å². The monoisotopic (exact) mass is 273 g/mol. The molecular weight excluding hydrogens is 250 g/mol. The summed E-state index contributed by atoms with van der Waals surface area (Å²) in [5, 5.41) is 8.64. The predicted octanol–water partition coefficient (Wildman–Crippen LogP) is 2.14. The zero-order chi connectivity index (χ0) is 14.4. The van der Waals surface area contributed by atoms with E-state index in [2.05, 4.69) is 30.7 Å². The largest absolute Gasteiger partial charge is 0.492 e. The average Bonchev–Trinajstić information content (AvgIpc) is 3.30. The van der Waals surface area contributed by atoms with Crippen molar-refractivity contribution in [2.24, 2.45) is 5.92 Å². The van der Waals surface area contributed by atoms with Gasteiger partial charge in [0.2, 0.25) is 0 Å². The van der Waals surface area contributed by atoms with Crippen molar-refractivity contribution in [3.05, 3.63) is 29.8 Å². The van der Waals surface area contributed by atoms with Gasteiger partial charge in [-0.2, -0.15) is 0 Å². The minimum atomic E-state index is -0.107. The number of hydrogen-bond acceptors (Lipinski definition) is 3. The van der Waals surface area contributed by atoms with E-state index in [0.717, 1.165) is 23.8 Å². The number of likely N-dealkylation sites (N-methyl/N-ethyl adjacent to an activating group) is 1. The molecule has 1 aromatic carbocycles. The third-order valence-electron chi connectivity index (χ3n) is 3.88. The summed E-state index contributed by atoms with van der Waals surface area (Å²) in [7, 11) is 2.17. The van der Waals surface area contributed by atoms with Crippen molar-refractivity contribution in [1.29, 1.82) is 0 Å². The zero-order valence-corrected chi connectivity index (χ0v) is 12.3. The van der Waals surface area contributed by atoms with Crippen molar-refractivity contribution in [3.8, 4) is 17.6 Å². The van der Waals surface area contributed by atoms with Crippen LogP contribution in [0.1, 0.15) is 25.3 Å². The molecule has 1 aliphatic rings. The van der Waals surface area contributed by atoms with Gasteiger partial charge < -0.3 is 14.7 Å². The zero-order valence-electron chi connectivity index (χ0n) is 12.3. The maximum Gasteiger partial charge on any atom is 0.119 e. The molecule has 1 atom stereocenters. The molecule has 1 N–H and O–H groups in total. The minimum absolute atomic E-state index is 0.107. The summed E-state index contributed by atoms with van der Waals surface area (Å²) in [6.45, 7) is 3.84. The lowest BCUT2D eigenvalue weighted by Gasteiger charge is -2.24. The molecule has 0 aliphatic heterocycles. The molecule has 0 bridgehead atoms. The first-order chi connectivity index (χ1) is 9.70. The number of nitrogens with zero attached hydrogens (tertiary/aromatic N) is 1. The Hall–Kier alpha value is -1.50. The number of aliphatic hydroxyl groups is 1. The van der Waals surface area contributed by atoms with Crippen LogP contribution in [-0.2, 0) is 0 Å². The Kier molecular flexibility index (Phi) is 5.46. The molecule has 0 amide bonds. The summed E-state index contributed by atoms with van der Waals surface area (Å²) < 4.78 is 5.75. The maximum absolute atomic E-state index is 8.64. The van der Waals surface area contributed by atoms with Crippen molar-refractivity contribution >= 4 is 0 Å². The quantitative estimate of drug-likeness (QED) is 0.806. The molecule has 1 aromatic rings. The molecule has 1 fully saturated rings. The Balaban J connectivity index is 1.73. The molecule has 0 spiro atoms. The molecule has 20 heavy (non-hydrogen) atoms. The van der Waals surface area contributed by atoms with Gasteiger partial charge in [-0.3, -0.25) is 0 Å². The highest BCUT2D eigenvalue weighted by Crippen LogP contribution is 2.34. The highest BCUT2D eigenvalue weighted by molar-refractivity contribution is 5.38. The Bertz CT molecular complexity index is 468. The fourth-order valence-electron chi connectivity index (χ4n) is 2.23. The van der Waals surface area contributed by atoms with Gasteiger partial charge in [0.25, 0.3) is 0 Å². The molecule has 3 heteroatoms. The van der Waals surface area contributed by atoms with E-state index in [4.69, 9.17) is 9.84 Å². The molecule has 1 unspecified atom stereocenters. The van der Waals surface area contributed by atoms with Crippen LogP contribution in [0.15, 0.2) is 24.3 Å². The maximum atomic E-state index is 8.64. The lowest BCUT2D eigenvalue weighted by atomic mass is 10.2. The summed E-state index contributed by atoms with van der Waals surface area (Å²) >= 11 is 0. The van der Waals surface area contributed by atoms with Crippen molar-refractivity contribution in [3.63, 3.8) is 0 Å². The van der Waals surface area contributed by atoms with Crippen LogP contribution >= 0.6 is 0 Å². The Morgan fingerprint density at radius 3 is 2.65 bits per heavy atom. The van der Waals surface area contributed by atoms with E-state index in [0.29, 0.717) is 12.6 Å². The minimum Gasteiger partial charge on any atom is -0.492 e. The molecular formula is C17H23NO2. The molecule has 0 heterocycles. The van der Waals surface area contributed by atoms with Gasteiger partial charge in [0.05, 0.1) is 0 Å². The normalized spacial score (nSPS) is 15.6. The average molecular weight is 273 g/mol. The first-order valence-electron chi connectivity index (χ1n) is 7.23. The van der Waals surface area contributed by atoms with E-state index in [1.54, 1.807) is 0 Å². The number of hydrogen-bond donors (Lipinski definition) is 1. The Morgan fingerprint density at radius 1 is 1.35 bits per heavy atom. The topological polar surface area (TPSA) is 32.7 Å². The van der Waals surface area contributed by atoms with Gasteiger partial charge in [0.15, 0.2) is 0 Å². The first kappa shape index (κ1) is 14.9. The summed E-state index contributed by atoms with van der Waals surface area (Å²) in [4.78, 5) is 2.37. The van der Waals surface area contributed by atoms with E-state index in [1.165, 1.54) is 12.8 Å². The second-order valence-corrected chi connectivity index (χ2v) is 5.39. The Morgan fingerprint density at radius 2 is 2.05 bits per heavy atom. The van der Waals surface area contributed by atoms with E-state index >= 15 is 0 Å². The van der Waals surface area contributed by atoms with Crippen molar-refractivity contribution in [2.75, 3.05) is 26.8 Å². The van der Waals surface area contributed by atoms with E-state index in [-0.39, 0.29) is 6.61 Å². The smallest absolute Gasteiger partial charge is 0.119 e. The third kappa shape index (κ3) is 4.56. The molecule has 0 aromatic heterocycles. The van der Waals surface area contributed by atoms with E-state index < -0.39 is 0 Å². The number of aliphatic hydroxyl groups excluding tert-OH is 1. The number of benzene rings is 1. The van der Waals surface area contributed by atoms with Crippen molar-refractivity contribution < 1.29 is 9.84 Å². The predicted molar refractivity (Wildman–Crippen MR) is 80.7 cm³/mol.